The molecule has 0 amide bonds. The zero-order valence-corrected chi connectivity index (χ0v) is 14.2. The molecule has 3 N–H and O–H groups in total. The van der Waals surface area contributed by atoms with Gasteiger partial charge in [0, 0.05) is 25.4 Å². The predicted octanol–water partition coefficient (Wildman–Crippen LogP) is 3.50. The van der Waals surface area contributed by atoms with Crippen molar-refractivity contribution >= 4 is 11.6 Å². The van der Waals surface area contributed by atoms with Crippen molar-refractivity contribution in [3.63, 3.8) is 0 Å². The average Bonchev–Trinajstić information content (AvgIpc) is 3.34. The van der Waals surface area contributed by atoms with E-state index in [1.165, 1.54) is 43.2 Å². The van der Waals surface area contributed by atoms with Crippen molar-refractivity contribution in [3.05, 3.63) is 29.3 Å². The Hall–Kier alpha value is -1.55. The summed E-state index contributed by atoms with van der Waals surface area (Å²) in [5, 5.41) is 3.33. The standard InChI is InChI=1S/C19H29N3O/c1-2-23-13-12-19(10-11-19)14-21-18(20)22-17-9-5-7-15-6-3-4-8-16(15)17/h5,7,9H,2-4,6,8,10-14H2,1H3,(H3,20,21,22). The van der Waals surface area contributed by atoms with Crippen molar-refractivity contribution in [2.24, 2.45) is 16.1 Å². The largest absolute Gasteiger partial charge is 0.382 e. The van der Waals surface area contributed by atoms with Crippen LogP contribution in [0.5, 0.6) is 0 Å². The van der Waals surface area contributed by atoms with E-state index >= 15 is 0 Å². The minimum Gasteiger partial charge on any atom is -0.382 e. The molecule has 0 atom stereocenters. The van der Waals surface area contributed by atoms with Gasteiger partial charge in [0.2, 0.25) is 0 Å². The highest BCUT2D eigenvalue weighted by molar-refractivity contribution is 5.93. The van der Waals surface area contributed by atoms with E-state index in [2.05, 4.69) is 28.5 Å². The fourth-order valence-corrected chi connectivity index (χ4v) is 3.43. The number of ether oxygens (including phenoxy) is 1. The van der Waals surface area contributed by atoms with Crippen LogP contribution >= 0.6 is 0 Å². The Labute approximate surface area is 139 Å². The summed E-state index contributed by atoms with van der Waals surface area (Å²) in [5.74, 6) is 0.548. The minimum absolute atomic E-state index is 0.345. The van der Waals surface area contributed by atoms with Crippen LogP contribution in [0, 0.1) is 5.41 Å². The zero-order valence-electron chi connectivity index (χ0n) is 14.2. The van der Waals surface area contributed by atoms with E-state index in [0.29, 0.717) is 11.4 Å². The van der Waals surface area contributed by atoms with Gasteiger partial charge in [0.25, 0.3) is 0 Å². The third-order valence-corrected chi connectivity index (χ3v) is 5.18. The molecule has 4 nitrogen and oxygen atoms in total. The first kappa shape index (κ1) is 16.3. The van der Waals surface area contributed by atoms with Gasteiger partial charge in [-0.2, -0.15) is 0 Å². The quantitative estimate of drug-likeness (QED) is 0.460. The van der Waals surface area contributed by atoms with Crippen LogP contribution in [0.15, 0.2) is 23.2 Å². The average molecular weight is 315 g/mol. The van der Waals surface area contributed by atoms with E-state index in [-0.39, 0.29) is 0 Å². The van der Waals surface area contributed by atoms with Crippen molar-refractivity contribution < 1.29 is 4.74 Å². The first-order valence-electron chi connectivity index (χ1n) is 8.98. The van der Waals surface area contributed by atoms with E-state index in [1.807, 2.05) is 6.92 Å². The van der Waals surface area contributed by atoms with Crippen molar-refractivity contribution in [2.45, 2.75) is 51.9 Å². The van der Waals surface area contributed by atoms with Gasteiger partial charge in [0.15, 0.2) is 5.96 Å². The number of benzene rings is 1. The first-order valence-corrected chi connectivity index (χ1v) is 8.98. The topological polar surface area (TPSA) is 59.6 Å². The number of aryl methyl sites for hydroxylation is 1. The van der Waals surface area contributed by atoms with Gasteiger partial charge in [0.1, 0.15) is 0 Å². The van der Waals surface area contributed by atoms with Crippen LogP contribution in [0.25, 0.3) is 0 Å². The molecular weight excluding hydrogens is 286 g/mol. The summed E-state index contributed by atoms with van der Waals surface area (Å²) in [7, 11) is 0. The fourth-order valence-electron chi connectivity index (χ4n) is 3.43. The summed E-state index contributed by atoms with van der Waals surface area (Å²) in [6.07, 6.45) is 8.48. The Morgan fingerprint density at radius 3 is 2.91 bits per heavy atom. The summed E-state index contributed by atoms with van der Waals surface area (Å²) in [4.78, 5) is 4.61. The number of aliphatic imine (C=N–C) groups is 1. The molecule has 0 heterocycles. The number of nitrogens with one attached hydrogen (secondary N) is 1. The smallest absolute Gasteiger partial charge is 0.193 e. The number of guanidine groups is 1. The lowest BCUT2D eigenvalue weighted by Crippen LogP contribution is -2.25. The fraction of sp³-hybridized carbons (Fsp3) is 0.632. The summed E-state index contributed by atoms with van der Waals surface area (Å²) in [6.45, 7) is 4.49. The predicted molar refractivity (Wildman–Crippen MR) is 96.0 cm³/mol. The highest BCUT2D eigenvalue weighted by Crippen LogP contribution is 2.49. The van der Waals surface area contributed by atoms with Crippen molar-refractivity contribution in [1.29, 1.82) is 0 Å². The summed E-state index contributed by atoms with van der Waals surface area (Å²) >= 11 is 0. The van der Waals surface area contributed by atoms with Gasteiger partial charge in [-0.3, -0.25) is 4.99 Å². The van der Waals surface area contributed by atoms with Crippen molar-refractivity contribution in [2.75, 3.05) is 25.1 Å². The van der Waals surface area contributed by atoms with Gasteiger partial charge < -0.3 is 15.8 Å². The number of rotatable bonds is 7. The SMILES string of the molecule is CCOCCC1(CN=C(N)Nc2cccc3c2CCCC3)CC1. The molecular formula is C19H29N3O. The molecule has 0 aliphatic heterocycles. The third kappa shape index (κ3) is 4.25. The van der Waals surface area contributed by atoms with Gasteiger partial charge in [-0.1, -0.05) is 12.1 Å². The van der Waals surface area contributed by atoms with Crippen molar-refractivity contribution in [3.8, 4) is 0 Å². The number of hydrogen-bond donors (Lipinski definition) is 2. The van der Waals surface area contributed by atoms with Crippen LogP contribution in [-0.4, -0.2) is 25.7 Å². The van der Waals surface area contributed by atoms with Crippen LogP contribution in [0.4, 0.5) is 5.69 Å². The summed E-state index contributed by atoms with van der Waals surface area (Å²) in [6, 6.07) is 6.47. The number of hydrogen-bond acceptors (Lipinski definition) is 2. The summed E-state index contributed by atoms with van der Waals surface area (Å²) < 4.78 is 5.48. The Morgan fingerprint density at radius 2 is 2.13 bits per heavy atom. The molecule has 0 aromatic heterocycles. The second-order valence-corrected chi connectivity index (χ2v) is 6.92. The normalized spacial score (nSPS) is 19.3. The van der Waals surface area contributed by atoms with E-state index in [4.69, 9.17) is 10.5 Å². The molecule has 4 heteroatoms. The molecule has 0 bridgehead atoms. The Balaban J connectivity index is 1.58. The molecule has 2 aliphatic rings. The van der Waals surface area contributed by atoms with E-state index < -0.39 is 0 Å². The molecule has 23 heavy (non-hydrogen) atoms. The highest BCUT2D eigenvalue weighted by Gasteiger charge is 2.41. The lowest BCUT2D eigenvalue weighted by molar-refractivity contribution is 0.129. The second-order valence-electron chi connectivity index (χ2n) is 6.92. The van der Waals surface area contributed by atoms with E-state index in [1.54, 1.807) is 0 Å². The van der Waals surface area contributed by atoms with Crippen molar-refractivity contribution in [1.82, 2.24) is 0 Å². The molecule has 0 unspecified atom stereocenters. The molecule has 1 aromatic rings. The first-order chi connectivity index (χ1) is 11.2. The van der Waals surface area contributed by atoms with E-state index in [0.717, 1.165) is 38.3 Å². The van der Waals surface area contributed by atoms with Crippen LogP contribution in [-0.2, 0) is 17.6 Å². The highest BCUT2D eigenvalue weighted by atomic mass is 16.5. The Kier molecular flexibility index (Phi) is 5.21. The molecule has 1 aromatic carbocycles. The van der Waals surface area contributed by atoms with Crippen LogP contribution in [0.1, 0.15) is 50.2 Å². The van der Waals surface area contributed by atoms with E-state index in [9.17, 15) is 0 Å². The zero-order chi connectivity index (χ0) is 16.1. The molecule has 3 rings (SSSR count). The maximum absolute atomic E-state index is 6.14. The monoisotopic (exact) mass is 315 g/mol. The summed E-state index contributed by atoms with van der Waals surface area (Å²) in [5.41, 5.74) is 10.5. The molecule has 0 radical (unpaired) electrons. The second kappa shape index (κ2) is 7.35. The van der Waals surface area contributed by atoms with Gasteiger partial charge in [0.05, 0.1) is 0 Å². The lowest BCUT2D eigenvalue weighted by atomic mass is 9.90. The van der Waals surface area contributed by atoms with Gasteiger partial charge in [-0.15, -0.1) is 0 Å². The molecule has 0 saturated heterocycles. The maximum atomic E-state index is 6.14. The van der Waals surface area contributed by atoms with Crippen LogP contribution in [0.2, 0.25) is 0 Å². The number of anilines is 1. The third-order valence-electron chi connectivity index (χ3n) is 5.18. The molecule has 0 spiro atoms. The van der Waals surface area contributed by atoms with Gasteiger partial charge >= 0.3 is 0 Å². The van der Waals surface area contributed by atoms with Crippen LogP contribution < -0.4 is 11.1 Å². The number of nitrogens with two attached hydrogens (primary N) is 1. The molecule has 1 fully saturated rings. The molecule has 126 valence electrons. The number of fused-ring (bicyclic) bond motifs is 1. The molecule has 2 aliphatic carbocycles. The lowest BCUT2D eigenvalue weighted by Gasteiger charge is -2.20. The Bertz CT molecular complexity index is 564. The minimum atomic E-state index is 0.345. The number of nitrogens with zero attached hydrogens (tertiary/aromatic N) is 1. The maximum Gasteiger partial charge on any atom is 0.193 e. The molecule has 1 saturated carbocycles. The van der Waals surface area contributed by atoms with Gasteiger partial charge in [-0.25, -0.2) is 0 Å². The van der Waals surface area contributed by atoms with Crippen LogP contribution in [0.3, 0.4) is 0 Å². The van der Waals surface area contributed by atoms with Gasteiger partial charge in [-0.05, 0) is 74.5 Å². The Morgan fingerprint density at radius 1 is 1.30 bits per heavy atom.